The normalized spacial score (nSPS) is 11.6. The molecule has 1 amide bonds. The average Bonchev–Trinajstić information content (AvgIpc) is 2.89. The number of hydrogen-bond donors (Lipinski definition) is 2. The van der Waals surface area contributed by atoms with Crippen LogP contribution >= 0.6 is 11.6 Å². The lowest BCUT2D eigenvalue weighted by molar-refractivity contribution is -0.114. The van der Waals surface area contributed by atoms with Crippen LogP contribution in [0.2, 0.25) is 5.02 Å². The van der Waals surface area contributed by atoms with Gasteiger partial charge >= 0.3 is 0 Å². The first-order valence-electron chi connectivity index (χ1n) is 11.9. The molecule has 0 aliphatic carbocycles. The van der Waals surface area contributed by atoms with Crippen molar-refractivity contribution in [3.05, 3.63) is 101 Å². The summed E-state index contributed by atoms with van der Waals surface area (Å²) < 4.78 is 56.0. The molecule has 13 heteroatoms. The molecule has 10 nitrogen and oxygen atoms in total. The SMILES string of the molecule is Cc1cc(C)nc(NS(=O)(=O)c2ccc(NC(=O)CN(c3cccc(Cl)c3C)S(=O)(=O)c3ccccc3)cc2)n1. The maximum Gasteiger partial charge on any atom is 0.264 e. The van der Waals surface area contributed by atoms with Crippen LogP contribution in [0.1, 0.15) is 17.0 Å². The molecule has 208 valence electrons. The quantitative estimate of drug-likeness (QED) is 0.284. The molecule has 0 aliphatic heterocycles. The van der Waals surface area contributed by atoms with Gasteiger partial charge in [0.05, 0.1) is 15.5 Å². The van der Waals surface area contributed by atoms with E-state index in [0.717, 1.165) is 4.31 Å². The lowest BCUT2D eigenvalue weighted by Gasteiger charge is -2.26. The first-order chi connectivity index (χ1) is 18.9. The van der Waals surface area contributed by atoms with Crippen LogP contribution in [0.5, 0.6) is 0 Å². The zero-order valence-electron chi connectivity index (χ0n) is 21.8. The molecule has 0 saturated heterocycles. The molecule has 3 aromatic carbocycles. The van der Waals surface area contributed by atoms with Crippen LogP contribution in [-0.4, -0.2) is 39.3 Å². The van der Waals surface area contributed by atoms with Crippen LogP contribution in [0.15, 0.2) is 88.7 Å². The summed E-state index contributed by atoms with van der Waals surface area (Å²) in [7, 11) is -8.12. The molecule has 0 spiro atoms. The van der Waals surface area contributed by atoms with Crippen molar-refractivity contribution in [2.45, 2.75) is 30.6 Å². The van der Waals surface area contributed by atoms with Gasteiger partial charge in [-0.15, -0.1) is 0 Å². The van der Waals surface area contributed by atoms with Crippen LogP contribution in [0.3, 0.4) is 0 Å². The first kappa shape index (κ1) is 29.0. The molecule has 2 N–H and O–H groups in total. The second-order valence-corrected chi connectivity index (χ2v) is 12.8. The minimum atomic E-state index is -4.13. The third-order valence-corrected chi connectivity index (χ3v) is 9.31. The van der Waals surface area contributed by atoms with Gasteiger partial charge in [0.1, 0.15) is 6.54 Å². The Bertz CT molecular complexity index is 1750. The minimum Gasteiger partial charge on any atom is -0.325 e. The van der Waals surface area contributed by atoms with Crippen molar-refractivity contribution < 1.29 is 21.6 Å². The van der Waals surface area contributed by atoms with E-state index in [2.05, 4.69) is 20.0 Å². The molecule has 0 radical (unpaired) electrons. The van der Waals surface area contributed by atoms with Gasteiger partial charge in [-0.05, 0) is 80.9 Å². The van der Waals surface area contributed by atoms with Crippen LogP contribution in [0, 0.1) is 20.8 Å². The van der Waals surface area contributed by atoms with Crippen molar-refractivity contribution in [3.8, 4) is 0 Å². The van der Waals surface area contributed by atoms with Crippen LogP contribution < -0.4 is 14.3 Å². The molecule has 4 rings (SSSR count). The number of anilines is 3. The molecule has 1 aromatic heterocycles. The number of aromatic nitrogens is 2. The van der Waals surface area contributed by atoms with Crippen LogP contribution in [-0.2, 0) is 24.8 Å². The van der Waals surface area contributed by atoms with Crippen LogP contribution in [0.4, 0.5) is 17.3 Å². The van der Waals surface area contributed by atoms with Gasteiger partial charge in [0.25, 0.3) is 20.0 Å². The summed E-state index contributed by atoms with van der Waals surface area (Å²) in [5.41, 5.74) is 2.24. The second-order valence-electron chi connectivity index (χ2n) is 8.86. The highest BCUT2D eigenvalue weighted by atomic mass is 35.5. The lowest BCUT2D eigenvalue weighted by Crippen LogP contribution is -2.38. The predicted octanol–water partition coefficient (Wildman–Crippen LogP) is 4.69. The smallest absolute Gasteiger partial charge is 0.264 e. The molecule has 0 bridgehead atoms. The Morgan fingerprint density at radius 3 is 2.08 bits per heavy atom. The fourth-order valence-corrected chi connectivity index (χ4v) is 6.50. The number of nitrogens with zero attached hydrogens (tertiary/aromatic N) is 3. The fraction of sp³-hybridized carbons (Fsp3) is 0.148. The fourth-order valence-electron chi connectivity index (χ4n) is 3.88. The van der Waals surface area contributed by atoms with Crippen molar-refractivity contribution in [1.82, 2.24) is 9.97 Å². The summed E-state index contributed by atoms with van der Waals surface area (Å²) >= 11 is 6.25. The van der Waals surface area contributed by atoms with Crippen molar-refractivity contribution in [1.29, 1.82) is 0 Å². The Labute approximate surface area is 238 Å². The number of rotatable bonds is 9. The summed E-state index contributed by atoms with van der Waals surface area (Å²) in [5.74, 6) is -0.692. The van der Waals surface area contributed by atoms with Gasteiger partial charge in [-0.25, -0.2) is 31.5 Å². The third kappa shape index (κ3) is 6.58. The van der Waals surface area contributed by atoms with E-state index in [1.54, 1.807) is 63.2 Å². The van der Waals surface area contributed by atoms with Crippen molar-refractivity contribution in [3.63, 3.8) is 0 Å². The van der Waals surface area contributed by atoms with Gasteiger partial charge in [0, 0.05) is 22.1 Å². The summed E-state index contributed by atoms with van der Waals surface area (Å²) in [5, 5.41) is 2.97. The number of carbonyl (C=O) groups is 1. The van der Waals surface area contributed by atoms with Crippen LogP contribution in [0.25, 0.3) is 0 Å². The first-order valence-corrected chi connectivity index (χ1v) is 15.2. The third-order valence-electron chi connectivity index (χ3n) is 5.78. The molecular formula is C27H26ClN5O5S2. The summed E-state index contributed by atoms with van der Waals surface area (Å²) in [4.78, 5) is 21.2. The molecule has 0 atom stereocenters. The zero-order chi connectivity index (χ0) is 29.1. The number of sulfonamides is 2. The van der Waals surface area contributed by atoms with Gasteiger partial charge in [-0.1, -0.05) is 35.9 Å². The Hall–Kier alpha value is -4.00. The van der Waals surface area contributed by atoms with Crippen molar-refractivity contribution >= 4 is 54.9 Å². The van der Waals surface area contributed by atoms with Crippen molar-refractivity contribution in [2.75, 3.05) is 20.9 Å². The van der Waals surface area contributed by atoms with E-state index in [4.69, 9.17) is 11.6 Å². The van der Waals surface area contributed by atoms with E-state index in [0.29, 0.717) is 22.0 Å². The number of aryl methyl sites for hydroxylation is 2. The maximum atomic E-state index is 13.6. The summed E-state index contributed by atoms with van der Waals surface area (Å²) in [6, 6.07) is 19.7. The van der Waals surface area contributed by atoms with E-state index >= 15 is 0 Å². The standard InChI is InChI=1S/C27H26ClN5O5S2/c1-18-16-19(2)30-27(29-18)32-39(35,36)22-14-12-21(13-15-22)31-26(34)17-33(25-11-7-10-24(28)20(25)3)40(37,38)23-8-5-4-6-9-23/h4-16H,17H2,1-3H3,(H,31,34)(H,29,30,32). The average molecular weight is 600 g/mol. The van der Waals surface area contributed by atoms with Gasteiger partial charge in [0.15, 0.2) is 0 Å². The Morgan fingerprint density at radius 2 is 1.45 bits per heavy atom. The monoisotopic (exact) mass is 599 g/mol. The summed E-state index contributed by atoms with van der Waals surface area (Å²) in [6.07, 6.45) is 0. The number of nitrogens with one attached hydrogen (secondary N) is 2. The Morgan fingerprint density at radius 1 is 0.825 bits per heavy atom. The van der Waals surface area contributed by atoms with E-state index in [9.17, 15) is 21.6 Å². The molecule has 0 saturated carbocycles. The highest BCUT2D eigenvalue weighted by Gasteiger charge is 2.29. The van der Waals surface area contributed by atoms with E-state index < -0.39 is 32.5 Å². The minimum absolute atomic E-state index is 0.0111. The number of benzene rings is 3. The van der Waals surface area contributed by atoms with E-state index in [1.807, 2.05) is 0 Å². The number of hydrogen-bond acceptors (Lipinski definition) is 7. The number of halogens is 1. The van der Waals surface area contributed by atoms with Gasteiger partial charge in [-0.2, -0.15) is 0 Å². The van der Waals surface area contributed by atoms with E-state index in [1.165, 1.54) is 36.4 Å². The largest absolute Gasteiger partial charge is 0.325 e. The zero-order valence-corrected chi connectivity index (χ0v) is 24.2. The maximum absolute atomic E-state index is 13.6. The molecule has 0 unspecified atom stereocenters. The second kappa shape index (κ2) is 11.6. The summed E-state index contributed by atoms with van der Waals surface area (Å²) in [6.45, 7) is 4.57. The molecule has 1 heterocycles. The van der Waals surface area contributed by atoms with Gasteiger partial charge < -0.3 is 5.32 Å². The highest BCUT2D eigenvalue weighted by molar-refractivity contribution is 7.93. The molecule has 40 heavy (non-hydrogen) atoms. The lowest BCUT2D eigenvalue weighted by atomic mass is 10.2. The number of carbonyl (C=O) groups excluding carboxylic acids is 1. The number of amides is 1. The topological polar surface area (TPSA) is 138 Å². The Balaban J connectivity index is 1.55. The van der Waals surface area contributed by atoms with E-state index in [-0.39, 0.29) is 27.1 Å². The molecular weight excluding hydrogens is 574 g/mol. The van der Waals surface area contributed by atoms with Gasteiger partial charge in [-0.3, -0.25) is 9.10 Å². The highest BCUT2D eigenvalue weighted by Crippen LogP contribution is 2.31. The van der Waals surface area contributed by atoms with Gasteiger partial charge in [0.2, 0.25) is 11.9 Å². The molecule has 4 aromatic rings. The predicted molar refractivity (Wildman–Crippen MR) is 155 cm³/mol. The Kier molecular flexibility index (Phi) is 8.43. The molecule has 0 fully saturated rings. The van der Waals surface area contributed by atoms with Crippen molar-refractivity contribution in [2.24, 2.45) is 0 Å². The molecule has 0 aliphatic rings.